The molecule has 2 aromatic rings. The van der Waals surface area contributed by atoms with E-state index in [0.29, 0.717) is 23.2 Å². The number of likely N-dealkylation sites (tertiary alicyclic amines) is 1. The van der Waals surface area contributed by atoms with Crippen molar-refractivity contribution in [3.05, 3.63) is 84.5 Å². The van der Waals surface area contributed by atoms with Gasteiger partial charge < -0.3 is 9.64 Å². The van der Waals surface area contributed by atoms with Gasteiger partial charge in [-0.05, 0) is 56.0 Å². The lowest BCUT2D eigenvalue weighted by atomic mass is 9.82. The molecule has 1 aliphatic carbocycles. The zero-order valence-electron chi connectivity index (χ0n) is 20.2. The normalized spacial score (nSPS) is 27.3. The molecule has 1 saturated heterocycles. The molecule has 35 heavy (non-hydrogen) atoms. The van der Waals surface area contributed by atoms with Crippen LogP contribution in [0.25, 0.3) is 0 Å². The lowest BCUT2D eigenvalue weighted by molar-refractivity contribution is -0.746. The van der Waals surface area contributed by atoms with E-state index >= 15 is 0 Å². The SMILES string of the molecule is C1=C[N+]2(N(c3cccc(OCc4ccccc4)c3)C3CCCCC3CN3CCC3)C=NC=C2C=N1. The summed E-state index contributed by atoms with van der Waals surface area (Å²) >= 11 is 0. The molecule has 3 heterocycles. The minimum absolute atomic E-state index is 0.401. The van der Waals surface area contributed by atoms with Crippen molar-refractivity contribution in [2.45, 2.75) is 44.8 Å². The summed E-state index contributed by atoms with van der Waals surface area (Å²) in [4.78, 5) is 11.7. The smallest absolute Gasteiger partial charge is 0.225 e. The maximum atomic E-state index is 6.25. The largest absolute Gasteiger partial charge is 0.489 e. The molecule has 0 bridgehead atoms. The number of rotatable bonds is 8. The maximum Gasteiger partial charge on any atom is 0.225 e. The fourth-order valence-corrected chi connectivity index (χ4v) is 5.84. The van der Waals surface area contributed by atoms with Crippen LogP contribution in [0.1, 0.15) is 37.7 Å². The van der Waals surface area contributed by atoms with E-state index in [4.69, 9.17) is 4.74 Å². The van der Waals surface area contributed by atoms with E-state index < -0.39 is 0 Å². The van der Waals surface area contributed by atoms with Crippen molar-refractivity contribution in [3.63, 3.8) is 0 Å². The molecule has 4 aliphatic rings. The Balaban J connectivity index is 1.35. The summed E-state index contributed by atoms with van der Waals surface area (Å²) in [6.07, 6.45) is 16.4. The van der Waals surface area contributed by atoms with Gasteiger partial charge in [-0.25, -0.2) is 10.0 Å². The van der Waals surface area contributed by atoms with Crippen molar-refractivity contribution in [1.29, 1.82) is 0 Å². The molecule has 0 radical (unpaired) electrons. The summed E-state index contributed by atoms with van der Waals surface area (Å²) in [5.41, 5.74) is 3.41. The molecule has 2 aromatic carbocycles. The summed E-state index contributed by atoms with van der Waals surface area (Å²) in [5.74, 6) is 1.51. The molecule has 0 aromatic heterocycles. The van der Waals surface area contributed by atoms with Crippen LogP contribution < -0.4 is 9.75 Å². The van der Waals surface area contributed by atoms with Crippen LogP contribution in [0.3, 0.4) is 0 Å². The Bertz CT molecular complexity index is 1150. The highest BCUT2D eigenvalue weighted by molar-refractivity contribution is 5.82. The fraction of sp³-hybridized carbons (Fsp3) is 0.379. The molecule has 3 aliphatic heterocycles. The molecule has 2 fully saturated rings. The Kier molecular flexibility index (Phi) is 6.23. The van der Waals surface area contributed by atoms with Gasteiger partial charge in [0.25, 0.3) is 0 Å². The number of quaternary nitrogens is 1. The second-order valence-electron chi connectivity index (χ2n) is 10.0. The van der Waals surface area contributed by atoms with E-state index in [1.54, 1.807) is 0 Å². The number of fused-ring (bicyclic) bond motifs is 1. The standard InChI is InChI=1S/C29H34N5O/c1-2-8-24(9-3-1)22-35-28-12-6-11-26(18-28)33(34-17-14-30-19-27(34)20-31-23-34)29-13-5-4-10-25(29)21-32-15-7-16-32/h1-3,6,8-9,11-12,14,17-20,23,25,29H,4-5,7,10,13,15-16,21-22H2/q+1. The van der Waals surface area contributed by atoms with Crippen LogP contribution in [0, 0.1) is 5.92 Å². The number of hydrogen-bond donors (Lipinski definition) is 0. The zero-order chi connectivity index (χ0) is 23.5. The van der Waals surface area contributed by atoms with E-state index in [1.165, 1.54) is 57.3 Å². The van der Waals surface area contributed by atoms with Gasteiger partial charge in [-0.15, -0.1) is 4.59 Å². The summed E-state index contributed by atoms with van der Waals surface area (Å²) in [6.45, 7) is 4.22. The van der Waals surface area contributed by atoms with E-state index in [2.05, 4.69) is 74.6 Å². The molecule has 6 rings (SSSR count). The number of allylic oxidation sites excluding steroid dienone is 1. The van der Waals surface area contributed by atoms with Crippen LogP contribution in [-0.2, 0) is 6.61 Å². The van der Waals surface area contributed by atoms with Crippen molar-refractivity contribution in [1.82, 2.24) is 4.90 Å². The molecule has 1 saturated carbocycles. The molecule has 0 amide bonds. The third-order valence-electron chi connectivity index (χ3n) is 7.76. The predicted molar refractivity (Wildman–Crippen MR) is 141 cm³/mol. The Morgan fingerprint density at radius 2 is 1.86 bits per heavy atom. The topological polar surface area (TPSA) is 40.4 Å². The Hall–Kier alpha value is -3.22. The van der Waals surface area contributed by atoms with Crippen molar-refractivity contribution in [2.24, 2.45) is 15.9 Å². The van der Waals surface area contributed by atoms with Crippen molar-refractivity contribution in [3.8, 4) is 5.75 Å². The van der Waals surface area contributed by atoms with Crippen LogP contribution >= 0.6 is 0 Å². The van der Waals surface area contributed by atoms with Gasteiger partial charge in [-0.2, -0.15) is 0 Å². The Morgan fingerprint density at radius 1 is 0.971 bits per heavy atom. The quantitative estimate of drug-likeness (QED) is 0.480. The molecular weight excluding hydrogens is 434 g/mol. The molecule has 0 N–H and O–H groups in total. The third kappa shape index (κ3) is 4.44. The summed E-state index contributed by atoms with van der Waals surface area (Å²) < 4.78 is 6.72. The first kappa shape index (κ1) is 22.3. The summed E-state index contributed by atoms with van der Waals surface area (Å²) in [7, 11) is 0. The number of anilines is 1. The van der Waals surface area contributed by atoms with Crippen molar-refractivity contribution in [2.75, 3.05) is 24.6 Å². The van der Waals surface area contributed by atoms with Crippen LogP contribution in [-0.4, -0.2) is 47.7 Å². The van der Waals surface area contributed by atoms with Crippen LogP contribution in [0.4, 0.5) is 5.69 Å². The van der Waals surface area contributed by atoms with E-state index in [9.17, 15) is 0 Å². The first-order valence-electron chi connectivity index (χ1n) is 13.0. The average Bonchev–Trinajstić information content (AvgIpc) is 3.31. The van der Waals surface area contributed by atoms with Crippen LogP contribution in [0.5, 0.6) is 5.75 Å². The summed E-state index contributed by atoms with van der Waals surface area (Å²) in [6, 6.07) is 19.4. The minimum atomic E-state index is 0.401. The average molecular weight is 469 g/mol. The number of nitrogens with zero attached hydrogens (tertiary/aromatic N) is 5. The van der Waals surface area contributed by atoms with Gasteiger partial charge in [-0.1, -0.05) is 49.2 Å². The predicted octanol–water partition coefficient (Wildman–Crippen LogP) is 5.51. The van der Waals surface area contributed by atoms with Crippen molar-refractivity contribution < 1.29 is 9.33 Å². The third-order valence-corrected chi connectivity index (χ3v) is 7.76. The Morgan fingerprint density at radius 3 is 2.71 bits per heavy atom. The van der Waals surface area contributed by atoms with E-state index in [1.807, 2.05) is 31.0 Å². The minimum Gasteiger partial charge on any atom is -0.489 e. The molecule has 180 valence electrons. The lowest BCUT2D eigenvalue weighted by Crippen LogP contribution is -2.62. The monoisotopic (exact) mass is 468 g/mol. The number of benzene rings is 2. The molecule has 6 nitrogen and oxygen atoms in total. The molecule has 3 atom stereocenters. The lowest BCUT2D eigenvalue weighted by Gasteiger charge is -2.49. The van der Waals surface area contributed by atoms with Crippen LogP contribution in [0.2, 0.25) is 0 Å². The summed E-state index contributed by atoms with van der Waals surface area (Å²) in [5, 5.41) is 2.57. The van der Waals surface area contributed by atoms with Gasteiger partial charge in [0.05, 0.1) is 30.3 Å². The maximum absolute atomic E-state index is 6.25. The first-order valence-corrected chi connectivity index (χ1v) is 13.0. The number of ether oxygens (including phenoxy) is 1. The highest BCUT2D eigenvalue weighted by atomic mass is 16.5. The molecule has 0 spiro atoms. The second-order valence-corrected chi connectivity index (χ2v) is 10.0. The first-order chi connectivity index (χ1) is 17.3. The fourth-order valence-electron chi connectivity index (χ4n) is 5.84. The van der Waals surface area contributed by atoms with Gasteiger partial charge in [0.2, 0.25) is 12.0 Å². The highest BCUT2D eigenvalue weighted by Gasteiger charge is 2.48. The zero-order valence-corrected chi connectivity index (χ0v) is 20.2. The van der Waals surface area contributed by atoms with Gasteiger partial charge in [0, 0.05) is 12.6 Å². The molecule has 6 heteroatoms. The molecular formula is C29H34N5O+. The van der Waals surface area contributed by atoms with E-state index in [-0.39, 0.29) is 0 Å². The van der Waals surface area contributed by atoms with E-state index in [0.717, 1.165) is 17.1 Å². The number of aliphatic imine (C=N–C) groups is 2. The molecule has 3 unspecified atom stereocenters. The van der Waals surface area contributed by atoms with Crippen molar-refractivity contribution >= 4 is 18.2 Å². The van der Waals surface area contributed by atoms with Gasteiger partial charge in [0.15, 0.2) is 6.20 Å². The van der Waals surface area contributed by atoms with Gasteiger partial charge in [0.1, 0.15) is 12.4 Å². The van der Waals surface area contributed by atoms with Gasteiger partial charge in [-0.3, -0.25) is 4.99 Å². The second kappa shape index (κ2) is 9.80. The highest BCUT2D eigenvalue weighted by Crippen LogP contribution is 2.41. The van der Waals surface area contributed by atoms with Gasteiger partial charge >= 0.3 is 0 Å². The van der Waals surface area contributed by atoms with Crippen LogP contribution in [0.15, 0.2) is 88.9 Å². The Labute approximate surface area is 208 Å². The number of hydrogen-bond acceptors (Lipinski definition) is 5.